The molecule has 23 heavy (non-hydrogen) atoms. The number of carbonyl (C=O) groups excluding carboxylic acids is 1. The number of nitrogens with zero attached hydrogens (tertiary/aromatic N) is 1. The van der Waals surface area contributed by atoms with Gasteiger partial charge in [0.25, 0.3) is 5.91 Å². The van der Waals surface area contributed by atoms with Crippen LogP contribution in [0.4, 0.5) is 5.69 Å². The van der Waals surface area contributed by atoms with Crippen LogP contribution in [-0.4, -0.2) is 5.91 Å². The van der Waals surface area contributed by atoms with E-state index in [1.807, 2.05) is 67.2 Å². The maximum atomic E-state index is 12.2. The molecule has 0 aliphatic heterocycles. The second kappa shape index (κ2) is 7.25. The van der Waals surface area contributed by atoms with Crippen molar-refractivity contribution in [2.24, 2.45) is 0 Å². The summed E-state index contributed by atoms with van der Waals surface area (Å²) in [5, 5.41) is 5.29. The maximum absolute atomic E-state index is 12.2. The smallest absolute Gasteiger partial charge is 0.290 e. The number of fused-ring (bicyclic) bond motifs is 1. The topological polar surface area (TPSA) is 33.0 Å². The molecule has 0 aliphatic rings. The van der Waals surface area contributed by atoms with E-state index < -0.39 is 0 Å². The lowest BCUT2D eigenvalue weighted by Crippen LogP contribution is -3.00. The van der Waals surface area contributed by atoms with Crippen LogP contribution in [0.2, 0.25) is 0 Å². The zero-order valence-corrected chi connectivity index (χ0v) is 14.0. The Kier molecular flexibility index (Phi) is 5.35. The van der Waals surface area contributed by atoms with Gasteiger partial charge >= 0.3 is 0 Å². The minimum absolute atomic E-state index is 0. The van der Waals surface area contributed by atoms with Crippen molar-refractivity contribution in [3.63, 3.8) is 0 Å². The number of hydrogen-bond donors (Lipinski definition) is 1. The average Bonchev–Trinajstić information content (AvgIpc) is 2.51. The molecule has 0 radical (unpaired) electrons. The number of aromatic nitrogens is 1. The maximum Gasteiger partial charge on any atom is 0.290 e. The Balaban J connectivity index is 0.00000192. The summed E-state index contributed by atoms with van der Waals surface area (Å²) < 4.78 is 1.91. The predicted octanol–water partition coefficient (Wildman–Crippen LogP) is 0.387. The third kappa shape index (κ3) is 4.08. The van der Waals surface area contributed by atoms with E-state index in [1.54, 1.807) is 0 Å². The molecular weight excluding hydrogens is 308 g/mol. The first-order chi connectivity index (χ1) is 10.6. The van der Waals surface area contributed by atoms with Gasteiger partial charge in [-0.1, -0.05) is 30.3 Å². The first-order valence-corrected chi connectivity index (χ1v) is 7.37. The normalized spacial score (nSPS) is 10.2. The van der Waals surface area contributed by atoms with Crippen molar-refractivity contribution in [1.29, 1.82) is 0 Å². The van der Waals surface area contributed by atoms with Crippen LogP contribution >= 0.6 is 0 Å². The molecule has 0 atom stereocenters. The van der Waals surface area contributed by atoms with Gasteiger partial charge in [-0.25, -0.2) is 0 Å². The average molecular weight is 327 g/mol. The number of halogens is 1. The number of hydrogen-bond acceptors (Lipinski definition) is 1. The summed E-state index contributed by atoms with van der Waals surface area (Å²) in [6.07, 6.45) is 3.93. The molecule has 3 nitrogen and oxygen atoms in total. The Labute approximate surface area is 142 Å². The molecule has 0 saturated heterocycles. The van der Waals surface area contributed by atoms with Crippen LogP contribution in [-0.2, 0) is 11.3 Å². The van der Waals surface area contributed by atoms with Crippen molar-refractivity contribution >= 4 is 22.4 Å². The van der Waals surface area contributed by atoms with E-state index in [-0.39, 0.29) is 18.3 Å². The monoisotopic (exact) mass is 326 g/mol. The third-order valence-electron chi connectivity index (χ3n) is 3.74. The van der Waals surface area contributed by atoms with E-state index in [1.165, 1.54) is 5.39 Å². The van der Waals surface area contributed by atoms with Crippen molar-refractivity contribution in [2.75, 3.05) is 5.32 Å². The summed E-state index contributed by atoms with van der Waals surface area (Å²) in [4.78, 5) is 12.2. The fraction of sp³-hybridized carbons (Fsp3) is 0.158. The Bertz CT molecular complexity index is 846. The van der Waals surface area contributed by atoms with Crippen molar-refractivity contribution in [3.05, 3.63) is 72.1 Å². The number of rotatable bonds is 3. The number of aryl methyl sites for hydroxylation is 2. The van der Waals surface area contributed by atoms with E-state index in [9.17, 15) is 4.79 Å². The number of amides is 1. The zero-order chi connectivity index (χ0) is 15.5. The molecule has 0 bridgehead atoms. The highest BCUT2D eigenvalue weighted by molar-refractivity contribution is 5.90. The van der Waals surface area contributed by atoms with Gasteiger partial charge in [-0.3, -0.25) is 4.79 Å². The number of anilines is 1. The van der Waals surface area contributed by atoms with Gasteiger partial charge in [0.1, 0.15) is 0 Å². The van der Waals surface area contributed by atoms with Crippen molar-refractivity contribution in [2.45, 2.75) is 20.4 Å². The molecule has 118 valence electrons. The van der Waals surface area contributed by atoms with Crippen LogP contribution in [0.15, 0.2) is 60.9 Å². The van der Waals surface area contributed by atoms with Gasteiger partial charge in [0.2, 0.25) is 6.54 Å². The lowest BCUT2D eigenvalue weighted by atomic mass is 10.1. The van der Waals surface area contributed by atoms with Crippen molar-refractivity contribution < 1.29 is 21.8 Å². The van der Waals surface area contributed by atoms with Gasteiger partial charge < -0.3 is 17.7 Å². The van der Waals surface area contributed by atoms with Gasteiger partial charge in [0.15, 0.2) is 12.4 Å². The van der Waals surface area contributed by atoms with Crippen LogP contribution < -0.4 is 22.3 Å². The highest BCUT2D eigenvalue weighted by Crippen LogP contribution is 2.16. The molecule has 4 heteroatoms. The molecule has 3 rings (SSSR count). The Hall–Kier alpha value is -2.39. The van der Waals surface area contributed by atoms with Crippen LogP contribution in [0.25, 0.3) is 10.8 Å². The molecule has 2 aromatic carbocycles. The van der Waals surface area contributed by atoms with Gasteiger partial charge in [0, 0.05) is 17.1 Å². The second-order valence-electron chi connectivity index (χ2n) is 5.61. The predicted molar refractivity (Wildman–Crippen MR) is 88.7 cm³/mol. The van der Waals surface area contributed by atoms with Crippen LogP contribution in [0, 0.1) is 13.8 Å². The summed E-state index contributed by atoms with van der Waals surface area (Å²) in [6.45, 7) is 4.32. The van der Waals surface area contributed by atoms with Crippen LogP contribution in [0.1, 0.15) is 11.1 Å². The molecule has 0 unspecified atom stereocenters. The lowest BCUT2D eigenvalue weighted by Gasteiger charge is -2.08. The van der Waals surface area contributed by atoms with E-state index in [4.69, 9.17) is 0 Å². The summed E-state index contributed by atoms with van der Waals surface area (Å²) >= 11 is 0. The summed E-state index contributed by atoms with van der Waals surface area (Å²) in [6, 6.07) is 16.2. The van der Waals surface area contributed by atoms with Gasteiger partial charge in [0.05, 0.1) is 0 Å². The Morgan fingerprint density at radius 1 is 1.04 bits per heavy atom. The number of pyridine rings is 1. The molecule has 0 spiro atoms. The van der Waals surface area contributed by atoms with Crippen LogP contribution in [0.3, 0.4) is 0 Å². The summed E-state index contributed by atoms with van der Waals surface area (Å²) in [5.41, 5.74) is 3.09. The van der Waals surface area contributed by atoms with Gasteiger partial charge in [-0.2, -0.15) is 4.57 Å². The van der Waals surface area contributed by atoms with Crippen LogP contribution in [0.5, 0.6) is 0 Å². The van der Waals surface area contributed by atoms with Crippen molar-refractivity contribution in [3.8, 4) is 0 Å². The number of nitrogens with one attached hydrogen (secondary N) is 1. The van der Waals surface area contributed by atoms with Gasteiger partial charge in [-0.15, -0.1) is 0 Å². The molecule has 3 aromatic rings. The first kappa shape index (κ1) is 17.0. The largest absolute Gasteiger partial charge is 1.00 e. The van der Waals surface area contributed by atoms with Crippen molar-refractivity contribution in [1.82, 2.24) is 0 Å². The molecule has 0 saturated carbocycles. The van der Waals surface area contributed by atoms with Gasteiger partial charge in [-0.05, 0) is 42.5 Å². The quantitative estimate of drug-likeness (QED) is 0.694. The molecule has 1 amide bonds. The van der Waals surface area contributed by atoms with E-state index >= 15 is 0 Å². The third-order valence-corrected chi connectivity index (χ3v) is 3.74. The molecule has 1 heterocycles. The van der Waals surface area contributed by atoms with E-state index in [0.717, 1.165) is 22.2 Å². The lowest BCUT2D eigenvalue weighted by molar-refractivity contribution is -0.682. The first-order valence-electron chi connectivity index (χ1n) is 7.37. The zero-order valence-electron chi connectivity index (χ0n) is 13.2. The minimum atomic E-state index is -0.0195. The molecular formula is C19H19ClN2O. The fourth-order valence-corrected chi connectivity index (χ4v) is 2.50. The Morgan fingerprint density at radius 2 is 1.78 bits per heavy atom. The molecule has 1 N–H and O–H groups in total. The molecule has 0 aliphatic carbocycles. The summed E-state index contributed by atoms with van der Waals surface area (Å²) in [5.74, 6) is -0.0195. The highest BCUT2D eigenvalue weighted by Gasteiger charge is 2.11. The Morgan fingerprint density at radius 3 is 2.57 bits per heavy atom. The van der Waals surface area contributed by atoms with E-state index in [0.29, 0.717) is 6.54 Å². The summed E-state index contributed by atoms with van der Waals surface area (Å²) in [7, 11) is 0. The van der Waals surface area contributed by atoms with E-state index in [2.05, 4.69) is 17.4 Å². The molecule has 1 aromatic heterocycles. The SMILES string of the molecule is Cc1ccc(C)c(NC(=O)C[n+]2ccc3ccccc3c2)c1.[Cl-]. The minimum Gasteiger partial charge on any atom is -1.00 e. The highest BCUT2D eigenvalue weighted by atomic mass is 35.5. The number of benzene rings is 2. The second-order valence-corrected chi connectivity index (χ2v) is 5.61. The molecule has 0 fully saturated rings. The standard InChI is InChI=1S/C19H18N2O.ClH/c1-14-7-8-15(2)18(11-14)20-19(22)13-21-10-9-16-5-3-4-6-17(16)12-21;/h3-12H,13H2,1-2H3;1H. The number of carbonyl (C=O) groups is 1. The fourth-order valence-electron chi connectivity index (χ4n) is 2.50.